The summed E-state index contributed by atoms with van der Waals surface area (Å²) in [4.78, 5) is 15.5. The summed E-state index contributed by atoms with van der Waals surface area (Å²) in [5, 5.41) is 9.06. The Bertz CT molecular complexity index is 583. The minimum Gasteiger partial charge on any atom is -0.481 e. The van der Waals surface area contributed by atoms with E-state index in [0.29, 0.717) is 17.1 Å². The Morgan fingerprint density at radius 1 is 1.53 bits per heavy atom. The largest absolute Gasteiger partial charge is 0.481 e. The van der Waals surface area contributed by atoms with E-state index in [-0.39, 0.29) is 0 Å². The predicted octanol–water partition coefficient (Wildman–Crippen LogP) is 2.89. The highest BCUT2D eigenvalue weighted by atomic mass is 16.4. The fourth-order valence-corrected chi connectivity index (χ4v) is 1.97. The Hall–Kier alpha value is -1.84. The van der Waals surface area contributed by atoms with Crippen LogP contribution in [-0.4, -0.2) is 16.1 Å². The number of oxazole rings is 1. The molecule has 1 unspecified atom stereocenters. The number of aliphatic carboxylic acids is 1. The van der Waals surface area contributed by atoms with E-state index in [9.17, 15) is 4.79 Å². The lowest BCUT2D eigenvalue weighted by Gasteiger charge is -2.05. The molecule has 0 aliphatic heterocycles. The lowest BCUT2D eigenvalue weighted by atomic mass is 10.0. The summed E-state index contributed by atoms with van der Waals surface area (Å²) in [5.74, 6) is -0.221. The number of carboxylic acids is 1. The second-order valence-electron chi connectivity index (χ2n) is 4.58. The van der Waals surface area contributed by atoms with Crippen LogP contribution in [0.3, 0.4) is 0 Å². The van der Waals surface area contributed by atoms with E-state index in [1.165, 1.54) is 0 Å². The molecule has 1 heterocycles. The topological polar surface area (TPSA) is 63.3 Å². The van der Waals surface area contributed by atoms with Crippen molar-refractivity contribution in [3.05, 3.63) is 29.7 Å². The molecule has 3 rings (SSSR count). The van der Waals surface area contributed by atoms with Gasteiger partial charge in [0.2, 0.25) is 0 Å². The molecule has 1 aromatic heterocycles. The smallest absolute Gasteiger partial charge is 0.310 e. The van der Waals surface area contributed by atoms with Crippen molar-refractivity contribution in [3.63, 3.8) is 0 Å². The number of carbonyl (C=O) groups is 1. The Balaban J connectivity index is 2.14. The highest BCUT2D eigenvalue weighted by Gasteiger charge is 2.30. The van der Waals surface area contributed by atoms with E-state index in [1.54, 1.807) is 13.0 Å². The third kappa shape index (κ3) is 1.69. The van der Waals surface area contributed by atoms with Gasteiger partial charge in [0.1, 0.15) is 5.52 Å². The van der Waals surface area contributed by atoms with Crippen LogP contribution in [0.2, 0.25) is 0 Å². The van der Waals surface area contributed by atoms with Gasteiger partial charge in [-0.25, -0.2) is 4.98 Å². The van der Waals surface area contributed by atoms with Gasteiger partial charge in [0.05, 0.1) is 5.92 Å². The zero-order chi connectivity index (χ0) is 12.0. The first-order valence-electron chi connectivity index (χ1n) is 5.79. The van der Waals surface area contributed by atoms with E-state index in [1.807, 2.05) is 12.1 Å². The van der Waals surface area contributed by atoms with Gasteiger partial charge in [-0.15, -0.1) is 0 Å². The van der Waals surface area contributed by atoms with Crippen LogP contribution < -0.4 is 0 Å². The molecule has 0 radical (unpaired) electrons. The highest BCUT2D eigenvalue weighted by molar-refractivity contribution is 5.84. The predicted molar refractivity (Wildman–Crippen MR) is 62.0 cm³/mol. The first kappa shape index (κ1) is 10.3. The average Bonchev–Trinajstić information content (AvgIpc) is 3.07. The Kier molecular flexibility index (Phi) is 2.18. The van der Waals surface area contributed by atoms with Crippen LogP contribution in [-0.2, 0) is 4.79 Å². The number of nitrogens with zero attached hydrogens (tertiary/aromatic N) is 1. The zero-order valence-corrected chi connectivity index (χ0v) is 9.51. The molecule has 0 bridgehead atoms. The number of carboxylic acid groups (broad SMARTS) is 1. The van der Waals surface area contributed by atoms with Crippen molar-refractivity contribution in [1.82, 2.24) is 4.98 Å². The normalized spacial score (nSPS) is 17.2. The molecule has 1 aromatic carbocycles. The summed E-state index contributed by atoms with van der Waals surface area (Å²) < 4.78 is 5.72. The van der Waals surface area contributed by atoms with Gasteiger partial charge in [-0.05, 0) is 25.8 Å². The van der Waals surface area contributed by atoms with Crippen LogP contribution in [0.5, 0.6) is 0 Å². The maximum atomic E-state index is 11.0. The van der Waals surface area contributed by atoms with Crippen LogP contribution in [0.4, 0.5) is 0 Å². The van der Waals surface area contributed by atoms with Crippen molar-refractivity contribution in [2.45, 2.75) is 31.6 Å². The van der Waals surface area contributed by atoms with Crippen molar-refractivity contribution in [1.29, 1.82) is 0 Å². The molecule has 0 amide bonds. The zero-order valence-electron chi connectivity index (χ0n) is 9.51. The molecule has 4 nitrogen and oxygen atoms in total. The monoisotopic (exact) mass is 231 g/mol. The van der Waals surface area contributed by atoms with Crippen LogP contribution in [0, 0.1) is 0 Å². The Morgan fingerprint density at radius 3 is 2.94 bits per heavy atom. The summed E-state index contributed by atoms with van der Waals surface area (Å²) in [7, 11) is 0. The number of hydrogen-bond donors (Lipinski definition) is 1. The molecule has 1 aliphatic carbocycles. The highest BCUT2D eigenvalue weighted by Crippen LogP contribution is 2.41. The molecular weight excluding hydrogens is 218 g/mol. The maximum Gasteiger partial charge on any atom is 0.310 e. The number of hydrogen-bond acceptors (Lipinski definition) is 3. The molecule has 1 saturated carbocycles. The molecule has 2 aromatic rings. The second kappa shape index (κ2) is 3.58. The molecule has 4 heteroatoms. The van der Waals surface area contributed by atoms with E-state index >= 15 is 0 Å². The van der Waals surface area contributed by atoms with E-state index in [0.717, 1.165) is 24.2 Å². The van der Waals surface area contributed by atoms with Crippen LogP contribution >= 0.6 is 0 Å². The molecule has 1 N–H and O–H groups in total. The van der Waals surface area contributed by atoms with Crippen molar-refractivity contribution < 1.29 is 14.3 Å². The number of rotatable bonds is 3. The van der Waals surface area contributed by atoms with E-state index in [4.69, 9.17) is 9.52 Å². The molecule has 17 heavy (non-hydrogen) atoms. The quantitative estimate of drug-likeness (QED) is 0.882. The molecular formula is C13H13NO3. The summed E-state index contributed by atoms with van der Waals surface area (Å²) in [6, 6.07) is 5.49. The fraction of sp³-hybridized carbons (Fsp3) is 0.385. The van der Waals surface area contributed by atoms with Crippen LogP contribution in [0.15, 0.2) is 22.6 Å². The van der Waals surface area contributed by atoms with Gasteiger partial charge in [-0.3, -0.25) is 4.79 Å². The third-order valence-electron chi connectivity index (χ3n) is 3.23. The van der Waals surface area contributed by atoms with Crippen molar-refractivity contribution in [2.24, 2.45) is 0 Å². The molecule has 88 valence electrons. The summed E-state index contributed by atoms with van der Waals surface area (Å²) in [5.41, 5.74) is 2.09. The van der Waals surface area contributed by atoms with Gasteiger partial charge in [0.15, 0.2) is 11.5 Å². The minimum absolute atomic E-state index is 0.440. The fourth-order valence-electron chi connectivity index (χ4n) is 1.97. The van der Waals surface area contributed by atoms with Crippen molar-refractivity contribution in [3.8, 4) is 0 Å². The molecule has 1 atom stereocenters. The summed E-state index contributed by atoms with van der Waals surface area (Å²) in [6.45, 7) is 1.66. The molecule has 1 fully saturated rings. The molecule has 1 aliphatic rings. The first-order valence-corrected chi connectivity index (χ1v) is 5.79. The first-order chi connectivity index (χ1) is 8.16. The number of para-hydroxylation sites is 1. The Labute approximate surface area is 98.3 Å². The van der Waals surface area contributed by atoms with Gasteiger partial charge in [0, 0.05) is 11.5 Å². The SMILES string of the molecule is CC(C(=O)O)c1cccc2nc(C3CC3)oc12. The maximum absolute atomic E-state index is 11.0. The van der Waals surface area contributed by atoms with Crippen LogP contribution in [0.1, 0.15) is 43.1 Å². The van der Waals surface area contributed by atoms with Gasteiger partial charge >= 0.3 is 5.97 Å². The summed E-state index contributed by atoms with van der Waals surface area (Å²) in [6.07, 6.45) is 2.24. The van der Waals surface area contributed by atoms with Crippen LogP contribution in [0.25, 0.3) is 11.1 Å². The number of fused-ring (bicyclic) bond motifs is 1. The third-order valence-corrected chi connectivity index (χ3v) is 3.23. The standard InChI is InChI=1S/C13H13NO3/c1-7(13(15)16)9-3-2-4-10-11(9)17-12(14-10)8-5-6-8/h2-4,7-8H,5-6H2,1H3,(H,15,16). The van der Waals surface area contributed by atoms with Gasteiger partial charge < -0.3 is 9.52 Å². The van der Waals surface area contributed by atoms with Crippen molar-refractivity contribution in [2.75, 3.05) is 0 Å². The van der Waals surface area contributed by atoms with E-state index < -0.39 is 11.9 Å². The average molecular weight is 231 g/mol. The van der Waals surface area contributed by atoms with Gasteiger partial charge in [-0.2, -0.15) is 0 Å². The van der Waals surface area contributed by atoms with Gasteiger partial charge in [-0.1, -0.05) is 12.1 Å². The molecule has 0 saturated heterocycles. The lowest BCUT2D eigenvalue weighted by Crippen LogP contribution is -2.07. The summed E-state index contributed by atoms with van der Waals surface area (Å²) >= 11 is 0. The van der Waals surface area contributed by atoms with Gasteiger partial charge in [0.25, 0.3) is 0 Å². The lowest BCUT2D eigenvalue weighted by molar-refractivity contribution is -0.138. The minimum atomic E-state index is -0.845. The van der Waals surface area contributed by atoms with E-state index in [2.05, 4.69) is 4.98 Å². The number of aromatic nitrogens is 1. The Morgan fingerprint density at radius 2 is 2.29 bits per heavy atom. The van der Waals surface area contributed by atoms with Crippen molar-refractivity contribution >= 4 is 17.1 Å². The molecule has 0 spiro atoms. The number of benzene rings is 1. The second-order valence-corrected chi connectivity index (χ2v) is 4.58.